The molecule has 0 unspecified atom stereocenters. The van der Waals surface area contributed by atoms with E-state index in [2.05, 4.69) is 9.88 Å². The Morgan fingerprint density at radius 2 is 1.88 bits per heavy atom. The van der Waals surface area contributed by atoms with Crippen LogP contribution in [0.4, 0.5) is 14.6 Å². The molecule has 0 spiro atoms. The average Bonchev–Trinajstić information content (AvgIpc) is 2.58. The van der Waals surface area contributed by atoms with Crippen LogP contribution in [-0.4, -0.2) is 52.5 Å². The minimum atomic E-state index is -2.62. The Morgan fingerprint density at radius 1 is 1.24 bits per heavy atom. The van der Waals surface area contributed by atoms with Gasteiger partial charge in [-0.25, -0.2) is 13.8 Å². The van der Waals surface area contributed by atoms with E-state index in [1.807, 2.05) is 0 Å². The first-order valence-electron chi connectivity index (χ1n) is 8.77. The predicted octanol–water partition coefficient (Wildman–Crippen LogP) is 1.64. The second-order valence-corrected chi connectivity index (χ2v) is 7.07. The molecule has 1 aromatic rings. The summed E-state index contributed by atoms with van der Waals surface area (Å²) >= 11 is 0. The zero-order valence-electron chi connectivity index (χ0n) is 14.5. The predicted molar refractivity (Wildman–Crippen MR) is 89.8 cm³/mol. The number of nitrogens with zero attached hydrogens (tertiary/aromatic N) is 4. The maximum atomic E-state index is 13.2. The van der Waals surface area contributed by atoms with Crippen LogP contribution in [0.1, 0.15) is 32.1 Å². The monoisotopic (exact) mass is 354 g/mol. The van der Waals surface area contributed by atoms with Crippen molar-refractivity contribution < 1.29 is 13.6 Å². The second kappa shape index (κ2) is 7.09. The lowest BCUT2D eigenvalue weighted by molar-refractivity contribution is -0.138. The van der Waals surface area contributed by atoms with Crippen LogP contribution >= 0.6 is 0 Å². The summed E-state index contributed by atoms with van der Waals surface area (Å²) in [6.45, 7) is 1.80. The Bertz CT molecular complexity index is 673. The van der Waals surface area contributed by atoms with Gasteiger partial charge in [-0.3, -0.25) is 9.59 Å². The Morgan fingerprint density at radius 3 is 2.48 bits per heavy atom. The summed E-state index contributed by atoms with van der Waals surface area (Å²) in [6, 6.07) is 1.53. The Labute approximate surface area is 145 Å². The molecule has 3 heterocycles. The van der Waals surface area contributed by atoms with Crippen LogP contribution in [-0.2, 0) is 11.8 Å². The number of alkyl halides is 2. The molecule has 25 heavy (non-hydrogen) atoms. The summed E-state index contributed by atoms with van der Waals surface area (Å²) in [4.78, 5) is 31.9. The summed E-state index contributed by atoms with van der Waals surface area (Å²) in [5, 5.41) is 0. The highest BCUT2D eigenvalue weighted by Gasteiger charge is 2.36. The minimum absolute atomic E-state index is 0.0133. The Balaban J connectivity index is 1.48. The van der Waals surface area contributed by atoms with E-state index in [0.717, 1.165) is 25.9 Å². The van der Waals surface area contributed by atoms with Crippen LogP contribution in [0.2, 0.25) is 0 Å². The Kier molecular flexibility index (Phi) is 5.06. The number of hydrogen-bond acceptors (Lipinski definition) is 4. The number of anilines is 1. The number of aryl methyl sites for hydroxylation is 1. The maximum absolute atomic E-state index is 13.2. The molecule has 2 saturated heterocycles. The van der Waals surface area contributed by atoms with Gasteiger partial charge >= 0.3 is 0 Å². The van der Waals surface area contributed by atoms with Gasteiger partial charge < -0.3 is 14.4 Å². The van der Waals surface area contributed by atoms with Crippen molar-refractivity contribution in [1.29, 1.82) is 0 Å². The number of halogens is 2. The quantitative estimate of drug-likeness (QED) is 0.828. The van der Waals surface area contributed by atoms with Crippen molar-refractivity contribution in [1.82, 2.24) is 14.5 Å². The average molecular weight is 354 g/mol. The van der Waals surface area contributed by atoms with Gasteiger partial charge in [0.25, 0.3) is 11.5 Å². The van der Waals surface area contributed by atoms with Crippen LogP contribution in [0.25, 0.3) is 0 Å². The van der Waals surface area contributed by atoms with Crippen molar-refractivity contribution in [2.75, 3.05) is 31.1 Å². The summed E-state index contributed by atoms with van der Waals surface area (Å²) in [6.07, 6.45) is 3.15. The van der Waals surface area contributed by atoms with E-state index in [1.54, 1.807) is 11.9 Å². The topological polar surface area (TPSA) is 58.4 Å². The van der Waals surface area contributed by atoms with E-state index in [1.165, 1.54) is 17.0 Å². The minimum Gasteiger partial charge on any atom is -0.356 e. The highest BCUT2D eigenvalue weighted by Crippen LogP contribution is 2.29. The van der Waals surface area contributed by atoms with Gasteiger partial charge in [-0.1, -0.05) is 0 Å². The van der Waals surface area contributed by atoms with Crippen molar-refractivity contribution in [3.8, 4) is 0 Å². The third-order valence-electron chi connectivity index (χ3n) is 5.21. The number of rotatable bonds is 3. The molecule has 1 amide bonds. The summed E-state index contributed by atoms with van der Waals surface area (Å²) in [7, 11) is 1.66. The molecule has 1 aromatic heterocycles. The van der Waals surface area contributed by atoms with Crippen molar-refractivity contribution in [2.45, 2.75) is 38.0 Å². The lowest BCUT2D eigenvalue weighted by Crippen LogP contribution is -2.44. The van der Waals surface area contributed by atoms with Crippen LogP contribution in [0.5, 0.6) is 0 Å². The van der Waals surface area contributed by atoms with Crippen LogP contribution in [0.15, 0.2) is 17.2 Å². The van der Waals surface area contributed by atoms with Gasteiger partial charge in [0, 0.05) is 58.6 Å². The molecule has 0 saturated carbocycles. The number of aromatic nitrogens is 2. The largest absolute Gasteiger partial charge is 0.356 e. The lowest BCUT2D eigenvalue weighted by atomic mass is 9.92. The van der Waals surface area contributed by atoms with E-state index in [9.17, 15) is 18.4 Å². The molecule has 3 rings (SSSR count). The van der Waals surface area contributed by atoms with Crippen LogP contribution in [0.3, 0.4) is 0 Å². The van der Waals surface area contributed by atoms with Gasteiger partial charge in [0.05, 0.1) is 6.33 Å². The molecule has 2 fully saturated rings. The molecule has 0 bridgehead atoms. The molecule has 0 N–H and O–H groups in total. The van der Waals surface area contributed by atoms with Crippen molar-refractivity contribution in [3.05, 3.63) is 22.7 Å². The van der Waals surface area contributed by atoms with Gasteiger partial charge in [0.15, 0.2) is 0 Å². The molecule has 2 aliphatic heterocycles. The van der Waals surface area contributed by atoms with E-state index in [0.29, 0.717) is 12.2 Å². The first kappa shape index (κ1) is 17.8. The summed E-state index contributed by atoms with van der Waals surface area (Å²) in [5.74, 6) is -1.70. The van der Waals surface area contributed by atoms with Gasteiger partial charge in [-0.05, 0) is 18.8 Å². The molecular formula is C17H24F2N4O2. The van der Waals surface area contributed by atoms with Gasteiger partial charge in [0.1, 0.15) is 5.82 Å². The third kappa shape index (κ3) is 4.35. The number of hydrogen-bond donors (Lipinski definition) is 0. The number of piperidine rings is 2. The fourth-order valence-electron chi connectivity index (χ4n) is 3.45. The van der Waals surface area contributed by atoms with Gasteiger partial charge in [-0.15, -0.1) is 0 Å². The number of carbonyl (C=O) groups is 1. The first-order chi connectivity index (χ1) is 11.8. The molecule has 0 radical (unpaired) electrons. The fourth-order valence-corrected chi connectivity index (χ4v) is 3.45. The van der Waals surface area contributed by atoms with Crippen molar-refractivity contribution >= 4 is 11.7 Å². The molecule has 138 valence electrons. The fraction of sp³-hybridized carbons (Fsp3) is 0.706. The zero-order valence-corrected chi connectivity index (χ0v) is 14.5. The number of amides is 1. The molecule has 0 atom stereocenters. The Hall–Kier alpha value is -1.99. The molecule has 2 aliphatic rings. The van der Waals surface area contributed by atoms with Crippen molar-refractivity contribution in [3.63, 3.8) is 0 Å². The normalized spacial score (nSPS) is 21.4. The highest BCUT2D eigenvalue weighted by atomic mass is 19.3. The first-order valence-corrected chi connectivity index (χ1v) is 8.77. The molecule has 0 aliphatic carbocycles. The van der Waals surface area contributed by atoms with E-state index in [-0.39, 0.29) is 43.3 Å². The van der Waals surface area contributed by atoms with Gasteiger partial charge in [-0.2, -0.15) is 0 Å². The molecule has 0 aromatic carbocycles. The smallest absolute Gasteiger partial charge is 0.255 e. The maximum Gasteiger partial charge on any atom is 0.255 e. The van der Waals surface area contributed by atoms with E-state index < -0.39 is 5.92 Å². The van der Waals surface area contributed by atoms with Gasteiger partial charge in [0.2, 0.25) is 5.91 Å². The van der Waals surface area contributed by atoms with Crippen molar-refractivity contribution in [2.24, 2.45) is 13.0 Å². The van der Waals surface area contributed by atoms with E-state index >= 15 is 0 Å². The van der Waals surface area contributed by atoms with Crippen LogP contribution in [0, 0.1) is 5.92 Å². The van der Waals surface area contributed by atoms with Crippen LogP contribution < -0.4 is 10.5 Å². The summed E-state index contributed by atoms with van der Waals surface area (Å²) < 4.78 is 27.8. The number of carbonyl (C=O) groups excluding carboxylic acids is 1. The molecule has 6 nitrogen and oxygen atoms in total. The summed E-state index contributed by atoms with van der Waals surface area (Å²) in [5.41, 5.74) is -0.0933. The second-order valence-electron chi connectivity index (χ2n) is 7.07. The standard InChI is InChI=1S/C17H24F2N4O2/c1-21-12-20-14(11-15(21)24)22-6-2-13(3-7-22)10-16(25)23-8-4-17(18,19)5-9-23/h11-13H,2-10H2,1H3. The molecule has 8 heteroatoms. The molecular weight excluding hydrogens is 330 g/mol. The van der Waals surface area contributed by atoms with E-state index in [4.69, 9.17) is 0 Å². The lowest BCUT2D eigenvalue weighted by Gasteiger charge is -2.35. The number of likely N-dealkylation sites (tertiary alicyclic amines) is 1. The third-order valence-corrected chi connectivity index (χ3v) is 5.21. The highest BCUT2D eigenvalue weighted by molar-refractivity contribution is 5.76. The SMILES string of the molecule is Cn1cnc(N2CCC(CC(=O)N3CCC(F)(F)CC3)CC2)cc1=O. The zero-order chi connectivity index (χ0) is 18.0.